The number of nitrogens with one attached hydrogen (secondary N) is 1. The first kappa shape index (κ1) is 13.4. The molecule has 0 unspecified atom stereocenters. The number of aromatic nitrogens is 1. The van der Waals surface area contributed by atoms with Gasteiger partial charge in [0.15, 0.2) is 5.58 Å². The molecule has 3 rings (SSSR count). The van der Waals surface area contributed by atoms with Crippen molar-refractivity contribution in [2.24, 2.45) is 5.73 Å². The van der Waals surface area contributed by atoms with Crippen LogP contribution in [0.5, 0.6) is 0 Å². The largest absolute Gasteiger partial charge is 0.424 e. The molecule has 1 aromatic carbocycles. The Hall–Kier alpha value is -2.57. The van der Waals surface area contributed by atoms with Crippen LogP contribution in [-0.4, -0.2) is 40.8 Å². The molecule has 2 amide bonds. The Morgan fingerprint density at radius 2 is 2.24 bits per heavy atom. The van der Waals surface area contributed by atoms with Crippen LogP contribution in [0.25, 0.3) is 11.1 Å². The molecule has 7 nitrogen and oxygen atoms in total. The van der Waals surface area contributed by atoms with Gasteiger partial charge in [-0.3, -0.25) is 9.59 Å². The standard InChI is InChI=1S/C14H16N4O3/c15-13(20)10-5-3-7-18(10)12(19)8-16-14-17-9-4-1-2-6-11(9)21-14/h1-2,4,6,10H,3,5,7-8H2,(H2,15,20)(H,16,17)/t10-/m0/s1. The van der Waals surface area contributed by atoms with Gasteiger partial charge in [-0.05, 0) is 25.0 Å². The van der Waals surface area contributed by atoms with E-state index in [1.54, 1.807) is 6.07 Å². The highest BCUT2D eigenvalue weighted by Crippen LogP contribution is 2.19. The van der Waals surface area contributed by atoms with Crippen molar-refractivity contribution < 1.29 is 14.0 Å². The lowest BCUT2D eigenvalue weighted by molar-refractivity contribution is -0.135. The minimum atomic E-state index is -0.497. The van der Waals surface area contributed by atoms with Crippen molar-refractivity contribution in [3.8, 4) is 0 Å². The summed E-state index contributed by atoms with van der Waals surface area (Å²) in [5.74, 6) is -0.638. The molecule has 0 radical (unpaired) electrons. The number of primary amides is 1. The van der Waals surface area contributed by atoms with Gasteiger partial charge in [0.2, 0.25) is 11.8 Å². The number of anilines is 1. The molecule has 7 heteroatoms. The Labute approximate surface area is 121 Å². The maximum Gasteiger partial charge on any atom is 0.296 e. The van der Waals surface area contributed by atoms with Crippen LogP contribution < -0.4 is 11.1 Å². The lowest BCUT2D eigenvalue weighted by Gasteiger charge is -2.21. The summed E-state index contributed by atoms with van der Waals surface area (Å²) in [7, 11) is 0. The van der Waals surface area contributed by atoms with E-state index < -0.39 is 11.9 Å². The van der Waals surface area contributed by atoms with E-state index in [9.17, 15) is 9.59 Å². The minimum absolute atomic E-state index is 0.0244. The Balaban J connectivity index is 1.64. The fraction of sp³-hybridized carbons (Fsp3) is 0.357. The second-order valence-corrected chi connectivity index (χ2v) is 4.99. The first-order chi connectivity index (χ1) is 10.1. The molecule has 0 spiro atoms. The Morgan fingerprint density at radius 1 is 1.43 bits per heavy atom. The van der Waals surface area contributed by atoms with Gasteiger partial charge < -0.3 is 20.4 Å². The summed E-state index contributed by atoms with van der Waals surface area (Å²) in [5, 5.41) is 2.85. The van der Waals surface area contributed by atoms with E-state index in [0.29, 0.717) is 24.6 Å². The zero-order valence-electron chi connectivity index (χ0n) is 11.4. The third kappa shape index (κ3) is 2.67. The molecule has 110 valence electrons. The van der Waals surface area contributed by atoms with Crippen LogP contribution in [0.3, 0.4) is 0 Å². The van der Waals surface area contributed by atoms with Crippen molar-refractivity contribution in [1.29, 1.82) is 0 Å². The van der Waals surface area contributed by atoms with E-state index in [1.807, 2.05) is 18.2 Å². The Bertz CT molecular complexity index is 649. The van der Waals surface area contributed by atoms with E-state index in [2.05, 4.69) is 10.3 Å². The van der Waals surface area contributed by atoms with Crippen molar-refractivity contribution in [1.82, 2.24) is 9.88 Å². The number of fused-ring (bicyclic) bond motifs is 1. The molecule has 1 aliphatic heterocycles. The summed E-state index contributed by atoms with van der Waals surface area (Å²) >= 11 is 0. The molecule has 0 saturated carbocycles. The minimum Gasteiger partial charge on any atom is -0.424 e. The summed E-state index contributed by atoms with van der Waals surface area (Å²) in [6.45, 7) is 0.582. The number of rotatable bonds is 4. The molecular weight excluding hydrogens is 272 g/mol. The number of hydrogen-bond acceptors (Lipinski definition) is 5. The van der Waals surface area contributed by atoms with E-state index >= 15 is 0 Å². The monoisotopic (exact) mass is 288 g/mol. The molecule has 2 aromatic rings. The van der Waals surface area contributed by atoms with Gasteiger partial charge in [0.05, 0.1) is 6.54 Å². The number of hydrogen-bond donors (Lipinski definition) is 2. The van der Waals surface area contributed by atoms with Gasteiger partial charge in [0, 0.05) is 6.54 Å². The number of oxazole rings is 1. The molecule has 0 aliphatic carbocycles. The predicted octanol–water partition coefficient (Wildman–Crippen LogP) is 0.716. The summed E-state index contributed by atoms with van der Waals surface area (Å²) in [6, 6.07) is 7.14. The van der Waals surface area contributed by atoms with Gasteiger partial charge in [-0.25, -0.2) is 0 Å². The predicted molar refractivity (Wildman–Crippen MR) is 76.4 cm³/mol. The van der Waals surface area contributed by atoms with Crippen LogP contribution in [0, 0.1) is 0 Å². The van der Waals surface area contributed by atoms with Gasteiger partial charge >= 0.3 is 0 Å². The third-order valence-electron chi connectivity index (χ3n) is 3.59. The van der Waals surface area contributed by atoms with Gasteiger partial charge in [0.1, 0.15) is 11.6 Å². The molecule has 1 saturated heterocycles. The number of nitrogens with zero attached hydrogens (tertiary/aromatic N) is 2. The van der Waals surface area contributed by atoms with E-state index in [0.717, 1.165) is 11.9 Å². The van der Waals surface area contributed by atoms with Crippen LogP contribution in [-0.2, 0) is 9.59 Å². The van der Waals surface area contributed by atoms with Crippen LogP contribution in [0.4, 0.5) is 6.01 Å². The highest BCUT2D eigenvalue weighted by atomic mass is 16.4. The molecule has 1 atom stereocenters. The Kier molecular flexibility index (Phi) is 3.47. The summed E-state index contributed by atoms with van der Waals surface area (Å²) in [4.78, 5) is 29.2. The lowest BCUT2D eigenvalue weighted by atomic mass is 10.2. The molecule has 1 aliphatic rings. The van der Waals surface area contributed by atoms with Crippen molar-refractivity contribution in [2.75, 3.05) is 18.4 Å². The second-order valence-electron chi connectivity index (χ2n) is 4.99. The second kappa shape index (κ2) is 5.43. The number of nitrogens with two attached hydrogens (primary N) is 1. The fourth-order valence-electron chi connectivity index (χ4n) is 2.56. The van der Waals surface area contributed by atoms with Crippen molar-refractivity contribution in [3.63, 3.8) is 0 Å². The molecule has 3 N–H and O–H groups in total. The van der Waals surface area contributed by atoms with Crippen molar-refractivity contribution >= 4 is 28.9 Å². The fourth-order valence-corrected chi connectivity index (χ4v) is 2.56. The first-order valence-electron chi connectivity index (χ1n) is 6.83. The topological polar surface area (TPSA) is 101 Å². The molecule has 2 heterocycles. The van der Waals surface area contributed by atoms with Gasteiger partial charge in [-0.2, -0.15) is 4.98 Å². The lowest BCUT2D eigenvalue weighted by Crippen LogP contribution is -2.45. The van der Waals surface area contributed by atoms with E-state index in [1.165, 1.54) is 4.90 Å². The molecule has 1 fully saturated rings. The van der Waals surface area contributed by atoms with Crippen LogP contribution in [0.1, 0.15) is 12.8 Å². The number of benzene rings is 1. The van der Waals surface area contributed by atoms with Crippen LogP contribution in [0.2, 0.25) is 0 Å². The molecule has 21 heavy (non-hydrogen) atoms. The summed E-state index contributed by atoms with van der Waals surface area (Å²) < 4.78 is 5.47. The highest BCUT2D eigenvalue weighted by Gasteiger charge is 2.32. The maximum absolute atomic E-state index is 12.1. The zero-order chi connectivity index (χ0) is 14.8. The van der Waals surface area contributed by atoms with Gasteiger partial charge in [0.25, 0.3) is 6.01 Å². The number of para-hydroxylation sites is 2. The van der Waals surface area contributed by atoms with Gasteiger partial charge in [-0.15, -0.1) is 0 Å². The average molecular weight is 288 g/mol. The SMILES string of the molecule is NC(=O)[C@@H]1CCCN1C(=O)CNc1nc2ccccc2o1. The number of carbonyl (C=O) groups is 2. The molecule has 1 aromatic heterocycles. The highest BCUT2D eigenvalue weighted by molar-refractivity contribution is 5.89. The van der Waals surface area contributed by atoms with E-state index in [-0.39, 0.29) is 12.5 Å². The third-order valence-corrected chi connectivity index (χ3v) is 3.59. The quantitative estimate of drug-likeness (QED) is 0.863. The van der Waals surface area contributed by atoms with Crippen LogP contribution in [0.15, 0.2) is 28.7 Å². The van der Waals surface area contributed by atoms with Gasteiger partial charge in [-0.1, -0.05) is 12.1 Å². The summed E-state index contributed by atoms with van der Waals surface area (Å²) in [5.41, 5.74) is 6.68. The molecule has 0 bridgehead atoms. The van der Waals surface area contributed by atoms with Crippen molar-refractivity contribution in [2.45, 2.75) is 18.9 Å². The first-order valence-corrected chi connectivity index (χ1v) is 6.83. The molecular formula is C14H16N4O3. The zero-order valence-corrected chi connectivity index (χ0v) is 11.4. The normalized spacial score (nSPS) is 18.1. The Morgan fingerprint density at radius 3 is 3.00 bits per heavy atom. The van der Waals surface area contributed by atoms with Crippen LogP contribution >= 0.6 is 0 Å². The summed E-state index contributed by atoms with van der Waals surface area (Å²) in [6.07, 6.45) is 1.42. The number of amides is 2. The average Bonchev–Trinajstić information content (AvgIpc) is 3.10. The number of carbonyl (C=O) groups excluding carboxylic acids is 2. The van der Waals surface area contributed by atoms with Crippen molar-refractivity contribution in [3.05, 3.63) is 24.3 Å². The maximum atomic E-state index is 12.1. The smallest absolute Gasteiger partial charge is 0.296 e. The van der Waals surface area contributed by atoms with E-state index in [4.69, 9.17) is 10.2 Å². The number of likely N-dealkylation sites (tertiary alicyclic amines) is 1.